The summed E-state index contributed by atoms with van der Waals surface area (Å²) in [5, 5.41) is 29.7. The summed E-state index contributed by atoms with van der Waals surface area (Å²) < 4.78 is 1.52. The molecule has 2 unspecified atom stereocenters. The summed E-state index contributed by atoms with van der Waals surface area (Å²) >= 11 is 1.39. The van der Waals surface area contributed by atoms with Gasteiger partial charge in [0.15, 0.2) is 0 Å². The van der Waals surface area contributed by atoms with Gasteiger partial charge in [0.05, 0.1) is 19.3 Å². The fourth-order valence-electron chi connectivity index (χ4n) is 0.781. The van der Waals surface area contributed by atoms with Gasteiger partial charge in [0.25, 0.3) is 0 Å². The largest absolute Gasteiger partial charge is 0.394 e. The average molecular weight is 218 g/mol. The first-order chi connectivity index (χ1) is 6.65. The van der Waals surface area contributed by atoms with E-state index in [4.69, 9.17) is 5.11 Å². The monoisotopic (exact) mass is 218 g/mol. The van der Waals surface area contributed by atoms with Crippen LogP contribution < -0.4 is 0 Å². The van der Waals surface area contributed by atoms with Gasteiger partial charge in [0.1, 0.15) is 0 Å². The van der Waals surface area contributed by atoms with Crippen LogP contribution in [0.15, 0.2) is 5.16 Å². The van der Waals surface area contributed by atoms with Crippen molar-refractivity contribution in [3.63, 3.8) is 0 Å². The Labute approximate surface area is 86.3 Å². The van der Waals surface area contributed by atoms with Gasteiger partial charge in [-0.3, -0.25) is 0 Å². The van der Waals surface area contributed by atoms with Gasteiger partial charge in [-0.1, -0.05) is 18.7 Å². The van der Waals surface area contributed by atoms with Crippen molar-refractivity contribution < 1.29 is 10.2 Å². The predicted octanol–water partition coefficient (Wildman–Crippen LogP) is -0.473. The summed E-state index contributed by atoms with van der Waals surface area (Å²) in [7, 11) is 0. The van der Waals surface area contributed by atoms with E-state index in [2.05, 4.69) is 15.5 Å². The van der Waals surface area contributed by atoms with Crippen LogP contribution in [0, 0.1) is 0 Å². The van der Waals surface area contributed by atoms with E-state index in [0.29, 0.717) is 11.7 Å². The number of rotatable bonds is 5. The van der Waals surface area contributed by atoms with E-state index in [1.165, 1.54) is 16.4 Å². The zero-order valence-corrected chi connectivity index (χ0v) is 8.98. The number of hydrogen-bond donors (Lipinski definition) is 2. The zero-order valence-electron chi connectivity index (χ0n) is 8.16. The van der Waals surface area contributed by atoms with E-state index in [1.54, 1.807) is 6.92 Å². The van der Waals surface area contributed by atoms with Crippen LogP contribution in [0.2, 0.25) is 0 Å². The average Bonchev–Trinajstić information content (AvgIpc) is 2.53. The van der Waals surface area contributed by atoms with Crippen molar-refractivity contribution in [2.45, 2.75) is 36.9 Å². The smallest absolute Gasteiger partial charge is 0.209 e. The maximum absolute atomic E-state index is 9.29. The lowest BCUT2D eigenvalue weighted by atomic mass is 10.3. The van der Waals surface area contributed by atoms with Crippen LogP contribution in [0.25, 0.3) is 0 Å². The molecule has 0 radical (unpaired) electrons. The van der Waals surface area contributed by atoms with Crippen LogP contribution in [0.3, 0.4) is 0 Å². The minimum atomic E-state index is -0.417. The Kier molecular flexibility index (Phi) is 4.30. The SMILES string of the molecule is CC(O)C(C)Sc1nnnn1CCO. The predicted molar refractivity (Wildman–Crippen MR) is 51.9 cm³/mol. The third kappa shape index (κ3) is 2.93. The van der Waals surface area contributed by atoms with Crippen LogP contribution in [0.4, 0.5) is 0 Å². The Balaban J connectivity index is 2.61. The maximum Gasteiger partial charge on any atom is 0.209 e. The molecule has 2 atom stereocenters. The molecule has 1 aromatic heterocycles. The first-order valence-electron chi connectivity index (χ1n) is 4.37. The van der Waals surface area contributed by atoms with E-state index in [1.807, 2.05) is 6.92 Å². The molecule has 0 aliphatic heterocycles. The molecule has 0 spiro atoms. The van der Waals surface area contributed by atoms with Crippen LogP contribution >= 0.6 is 11.8 Å². The van der Waals surface area contributed by atoms with E-state index in [9.17, 15) is 5.11 Å². The molecular formula is C7H14N4O2S. The molecule has 1 rings (SSSR count). The second kappa shape index (κ2) is 5.28. The van der Waals surface area contributed by atoms with Gasteiger partial charge in [0.2, 0.25) is 5.16 Å². The fourth-order valence-corrected chi connectivity index (χ4v) is 1.64. The van der Waals surface area contributed by atoms with Gasteiger partial charge in [-0.25, -0.2) is 4.68 Å². The van der Waals surface area contributed by atoms with Crippen molar-refractivity contribution in [1.29, 1.82) is 0 Å². The number of aliphatic hydroxyl groups is 2. The number of tetrazole rings is 1. The highest BCUT2D eigenvalue weighted by Crippen LogP contribution is 2.21. The molecule has 0 saturated heterocycles. The van der Waals surface area contributed by atoms with E-state index >= 15 is 0 Å². The van der Waals surface area contributed by atoms with Crippen molar-refractivity contribution in [2.75, 3.05) is 6.61 Å². The molecule has 0 aromatic carbocycles. The maximum atomic E-state index is 9.29. The number of thioether (sulfide) groups is 1. The Morgan fingerprint density at radius 2 is 2.21 bits per heavy atom. The normalized spacial score (nSPS) is 15.4. The van der Waals surface area contributed by atoms with Gasteiger partial charge in [-0.2, -0.15) is 0 Å². The molecule has 14 heavy (non-hydrogen) atoms. The minimum Gasteiger partial charge on any atom is -0.394 e. The van der Waals surface area contributed by atoms with Crippen LogP contribution in [-0.4, -0.2) is 48.4 Å². The highest BCUT2D eigenvalue weighted by molar-refractivity contribution is 7.99. The standard InChI is InChI=1S/C7H14N4O2S/c1-5(13)6(2)14-7-8-9-10-11(7)3-4-12/h5-6,12-13H,3-4H2,1-2H3. The fraction of sp³-hybridized carbons (Fsp3) is 0.857. The van der Waals surface area contributed by atoms with E-state index in [-0.39, 0.29) is 11.9 Å². The quantitative estimate of drug-likeness (QED) is 0.650. The van der Waals surface area contributed by atoms with Crippen molar-refractivity contribution in [3.05, 3.63) is 0 Å². The molecule has 0 saturated carbocycles. The summed E-state index contributed by atoms with van der Waals surface area (Å²) in [6.07, 6.45) is -0.417. The Morgan fingerprint density at radius 1 is 1.50 bits per heavy atom. The van der Waals surface area contributed by atoms with Gasteiger partial charge in [-0.15, -0.1) is 5.10 Å². The molecular weight excluding hydrogens is 204 g/mol. The first kappa shape index (κ1) is 11.4. The second-order valence-electron chi connectivity index (χ2n) is 2.97. The van der Waals surface area contributed by atoms with Crippen LogP contribution in [0.1, 0.15) is 13.8 Å². The molecule has 0 fully saturated rings. The third-order valence-electron chi connectivity index (χ3n) is 1.78. The topological polar surface area (TPSA) is 84.1 Å². The van der Waals surface area contributed by atoms with Gasteiger partial charge >= 0.3 is 0 Å². The molecule has 80 valence electrons. The summed E-state index contributed by atoms with van der Waals surface area (Å²) in [4.78, 5) is 0. The molecule has 0 aliphatic rings. The summed E-state index contributed by atoms with van der Waals surface area (Å²) in [6.45, 7) is 3.99. The number of nitrogens with zero attached hydrogens (tertiary/aromatic N) is 4. The molecule has 1 aromatic rings. The highest BCUT2D eigenvalue weighted by atomic mass is 32.2. The minimum absolute atomic E-state index is 0.00165. The Morgan fingerprint density at radius 3 is 2.79 bits per heavy atom. The molecule has 0 aliphatic carbocycles. The lowest BCUT2D eigenvalue weighted by molar-refractivity contribution is 0.196. The second-order valence-corrected chi connectivity index (χ2v) is 4.32. The zero-order chi connectivity index (χ0) is 10.6. The van der Waals surface area contributed by atoms with Gasteiger partial charge in [-0.05, 0) is 17.4 Å². The molecule has 2 N–H and O–H groups in total. The summed E-state index contributed by atoms with van der Waals surface area (Å²) in [5.41, 5.74) is 0. The Bertz CT molecular complexity index is 278. The summed E-state index contributed by atoms with van der Waals surface area (Å²) in [5.74, 6) is 0. The Hall–Kier alpha value is -0.660. The molecule has 0 bridgehead atoms. The van der Waals surface area contributed by atoms with Gasteiger partial charge in [0, 0.05) is 5.25 Å². The van der Waals surface area contributed by atoms with Crippen molar-refractivity contribution in [1.82, 2.24) is 20.2 Å². The third-order valence-corrected chi connectivity index (χ3v) is 3.05. The van der Waals surface area contributed by atoms with E-state index in [0.717, 1.165) is 0 Å². The van der Waals surface area contributed by atoms with Crippen LogP contribution in [-0.2, 0) is 6.54 Å². The molecule has 6 nitrogen and oxygen atoms in total. The lowest BCUT2D eigenvalue weighted by Crippen LogP contribution is -2.16. The van der Waals surface area contributed by atoms with Crippen LogP contribution in [0.5, 0.6) is 0 Å². The molecule has 0 amide bonds. The van der Waals surface area contributed by atoms with Crippen molar-refractivity contribution in [2.24, 2.45) is 0 Å². The number of aliphatic hydroxyl groups excluding tert-OH is 2. The van der Waals surface area contributed by atoms with Crippen molar-refractivity contribution >= 4 is 11.8 Å². The number of aromatic nitrogens is 4. The highest BCUT2D eigenvalue weighted by Gasteiger charge is 2.15. The van der Waals surface area contributed by atoms with E-state index < -0.39 is 6.10 Å². The summed E-state index contributed by atoms with van der Waals surface area (Å²) in [6, 6.07) is 0. The lowest BCUT2D eigenvalue weighted by Gasteiger charge is -2.12. The molecule has 7 heteroatoms. The first-order valence-corrected chi connectivity index (χ1v) is 5.25. The van der Waals surface area contributed by atoms with Gasteiger partial charge < -0.3 is 10.2 Å². The molecule has 1 heterocycles. The van der Waals surface area contributed by atoms with Crippen molar-refractivity contribution in [3.8, 4) is 0 Å². The number of hydrogen-bond acceptors (Lipinski definition) is 6.